The van der Waals surface area contributed by atoms with Crippen LogP contribution in [0.15, 0.2) is 39.2 Å². The molecule has 2 aliphatic heterocycles. The van der Waals surface area contributed by atoms with Crippen LogP contribution in [0, 0.1) is 0 Å². The fourth-order valence-corrected chi connectivity index (χ4v) is 5.20. The van der Waals surface area contributed by atoms with Gasteiger partial charge in [0.1, 0.15) is 28.9 Å². The zero-order valence-electron chi connectivity index (χ0n) is 17.2. The number of carbonyl (C=O) groups is 2. The van der Waals surface area contributed by atoms with E-state index in [9.17, 15) is 29.7 Å². The van der Waals surface area contributed by atoms with Gasteiger partial charge in [-0.1, -0.05) is 12.1 Å². The number of carbonyl (C=O) groups excluding carboxylic acids is 2. The highest BCUT2D eigenvalue weighted by Gasteiger charge is 2.61. The number of aliphatic hydroxyl groups excluding tert-OH is 2. The molecule has 3 N–H and O–H groups in total. The molecule has 3 heterocycles. The molecule has 3 aromatic rings. The molecule has 0 spiro atoms. The summed E-state index contributed by atoms with van der Waals surface area (Å²) in [7, 11) is 1.08. The Morgan fingerprint density at radius 1 is 1.24 bits per heavy atom. The molecule has 3 aliphatic rings. The number of fused-ring (bicyclic) bond motifs is 4. The fraction of sp³-hybridized carbons (Fsp3) is 0.261. The number of benzene rings is 2. The molecule has 1 fully saturated rings. The molecule has 6 rings (SSSR count). The van der Waals surface area contributed by atoms with Crippen molar-refractivity contribution in [2.75, 3.05) is 7.11 Å². The van der Waals surface area contributed by atoms with Gasteiger partial charge in [0.2, 0.25) is 0 Å². The lowest BCUT2D eigenvalue weighted by Crippen LogP contribution is -2.61. The van der Waals surface area contributed by atoms with E-state index >= 15 is 0 Å². The zero-order chi connectivity index (χ0) is 23.2. The summed E-state index contributed by atoms with van der Waals surface area (Å²) in [5, 5.41) is 33.5. The van der Waals surface area contributed by atoms with Gasteiger partial charge in [-0.05, 0) is 24.1 Å². The molecule has 2 aromatic carbocycles. The van der Waals surface area contributed by atoms with E-state index in [4.69, 9.17) is 14.0 Å². The Bertz CT molecular complexity index is 1510. The van der Waals surface area contributed by atoms with E-state index in [1.165, 1.54) is 10.8 Å². The number of rotatable bonds is 1. The quantitative estimate of drug-likeness (QED) is 0.367. The number of methoxy groups -OCH3 is 1. The van der Waals surface area contributed by atoms with E-state index in [0.717, 1.165) is 7.11 Å². The summed E-state index contributed by atoms with van der Waals surface area (Å²) in [4.78, 5) is 37.8. The van der Waals surface area contributed by atoms with Gasteiger partial charge in [0.05, 0.1) is 30.1 Å². The van der Waals surface area contributed by atoms with Crippen LogP contribution in [0.1, 0.15) is 24.0 Å². The Morgan fingerprint density at radius 2 is 2.03 bits per heavy atom. The maximum Gasteiger partial charge on any atom is 0.365 e. The number of aromatic hydroxyl groups is 1. The summed E-state index contributed by atoms with van der Waals surface area (Å²) in [5.74, 6) is -2.80. The number of hydrogen-bond acceptors (Lipinski definition) is 9. The highest BCUT2D eigenvalue weighted by molar-refractivity contribution is 6.13. The fourth-order valence-electron chi connectivity index (χ4n) is 5.20. The molecule has 0 amide bonds. The maximum absolute atomic E-state index is 12.8. The van der Waals surface area contributed by atoms with Crippen molar-refractivity contribution in [3.8, 4) is 22.6 Å². The summed E-state index contributed by atoms with van der Waals surface area (Å²) < 4.78 is 17.5. The number of ketones is 1. The van der Waals surface area contributed by atoms with Gasteiger partial charge in [-0.15, -0.1) is 0 Å². The molecule has 2 atom stereocenters. The smallest absolute Gasteiger partial charge is 0.365 e. The van der Waals surface area contributed by atoms with Crippen molar-refractivity contribution in [3.05, 3.63) is 51.4 Å². The Labute approximate surface area is 184 Å². The van der Waals surface area contributed by atoms with Crippen molar-refractivity contribution < 1.29 is 38.9 Å². The van der Waals surface area contributed by atoms with Crippen molar-refractivity contribution in [3.63, 3.8) is 0 Å². The number of ether oxygens (including phenoxy) is 2. The molecule has 0 saturated heterocycles. The van der Waals surface area contributed by atoms with Gasteiger partial charge in [0.25, 0.3) is 5.60 Å². The van der Waals surface area contributed by atoms with E-state index in [1.807, 2.05) is 0 Å². The van der Waals surface area contributed by atoms with Gasteiger partial charge in [0, 0.05) is 17.5 Å². The van der Waals surface area contributed by atoms with Crippen LogP contribution in [0.4, 0.5) is 0 Å². The second-order valence-electron chi connectivity index (χ2n) is 8.28. The zero-order valence-corrected chi connectivity index (χ0v) is 17.2. The monoisotopic (exact) mass is 451 g/mol. The van der Waals surface area contributed by atoms with Crippen LogP contribution in [-0.4, -0.2) is 50.6 Å². The minimum atomic E-state index is -2.26. The highest BCUT2D eigenvalue weighted by atomic mass is 16.6. The summed E-state index contributed by atoms with van der Waals surface area (Å²) in [6.07, 6.45) is -1.66. The van der Waals surface area contributed by atoms with Gasteiger partial charge >= 0.3 is 11.6 Å². The minimum Gasteiger partial charge on any atom is -0.506 e. The van der Waals surface area contributed by atoms with Gasteiger partial charge < -0.3 is 29.3 Å². The molecular weight excluding hydrogens is 434 g/mol. The van der Waals surface area contributed by atoms with Crippen LogP contribution in [0.5, 0.6) is 11.5 Å². The number of para-hydroxylation sites is 1. The predicted molar refractivity (Wildman–Crippen MR) is 112 cm³/mol. The van der Waals surface area contributed by atoms with Crippen LogP contribution in [-0.2, 0) is 20.9 Å². The number of aromatic nitrogens is 1. The average Bonchev–Trinajstić information content (AvgIpc) is 3.11. The van der Waals surface area contributed by atoms with Gasteiger partial charge in [-0.2, -0.15) is 0 Å². The first-order valence-electron chi connectivity index (χ1n) is 10.2. The topological polar surface area (TPSA) is 148 Å². The molecular formula is C23H17NO9. The predicted octanol–water partition coefficient (Wildman–Crippen LogP) is 1.63. The molecule has 168 valence electrons. The Morgan fingerprint density at radius 3 is 2.79 bits per heavy atom. The second kappa shape index (κ2) is 6.26. The van der Waals surface area contributed by atoms with Crippen LogP contribution < -0.4 is 10.4 Å². The van der Waals surface area contributed by atoms with Gasteiger partial charge in [-0.3, -0.25) is 4.79 Å². The number of phenolic OH excluding ortho intramolecular Hbond substituents is 1. The number of esters is 1. The molecule has 10 heteroatoms. The Hall–Kier alpha value is -4.05. The van der Waals surface area contributed by atoms with E-state index in [0.29, 0.717) is 27.6 Å². The average molecular weight is 451 g/mol. The number of hydrogen-bond donors (Lipinski definition) is 3. The minimum absolute atomic E-state index is 0.0688. The molecule has 10 nitrogen and oxygen atoms in total. The largest absolute Gasteiger partial charge is 0.506 e. The van der Waals surface area contributed by atoms with E-state index in [2.05, 4.69) is 0 Å². The third-order valence-corrected chi connectivity index (χ3v) is 6.63. The van der Waals surface area contributed by atoms with Crippen molar-refractivity contribution >= 4 is 28.4 Å². The van der Waals surface area contributed by atoms with E-state index < -0.39 is 40.4 Å². The lowest BCUT2D eigenvalue weighted by Gasteiger charge is -2.43. The first kappa shape index (κ1) is 19.6. The van der Waals surface area contributed by atoms with Crippen molar-refractivity contribution in [1.82, 2.24) is 4.74 Å². The molecule has 1 saturated carbocycles. The Kier molecular flexibility index (Phi) is 3.72. The van der Waals surface area contributed by atoms with Crippen LogP contribution >= 0.6 is 0 Å². The summed E-state index contributed by atoms with van der Waals surface area (Å²) in [6.45, 7) is 0.0688. The van der Waals surface area contributed by atoms with Gasteiger partial charge in [0.15, 0.2) is 5.78 Å². The summed E-state index contributed by atoms with van der Waals surface area (Å²) in [5.41, 5.74) is -1.62. The third-order valence-electron chi connectivity index (χ3n) is 6.63. The Balaban J connectivity index is 1.68. The lowest BCUT2D eigenvalue weighted by atomic mass is 9.73. The molecule has 0 radical (unpaired) electrons. The highest BCUT2D eigenvalue weighted by Crippen LogP contribution is 2.53. The summed E-state index contributed by atoms with van der Waals surface area (Å²) >= 11 is 0. The SMILES string of the molecule is COC(=O)[C@@]12Oc3cc4c(c(O)c3C(O)=C1C(=O)CC[C@@H]2O)-c1cccc2c(=O)on(c12)C4. The molecule has 1 aromatic heterocycles. The maximum atomic E-state index is 12.8. The molecule has 0 unspecified atom stereocenters. The number of nitrogens with zero attached hydrogens (tertiary/aromatic N) is 1. The standard InChI is InChI=1S/C23H17NO9/c1-31-22(30)23-14(26)6-5-12(25)17(23)20(28)16-13(32-23)7-9-8-24-18-10(15(9)19(16)27)3-2-4-11(18)21(29)33-24/h2-4,7,14,26-28H,5-6,8H2,1H3/t14-,23-/m0/s1. The molecule has 1 aliphatic carbocycles. The van der Waals surface area contributed by atoms with E-state index in [-0.39, 0.29) is 36.4 Å². The first-order valence-corrected chi connectivity index (χ1v) is 10.2. The normalized spacial score (nSPS) is 23.0. The van der Waals surface area contributed by atoms with Crippen molar-refractivity contribution in [2.45, 2.75) is 31.1 Å². The lowest BCUT2D eigenvalue weighted by molar-refractivity contribution is -0.169. The van der Waals surface area contributed by atoms with Gasteiger partial charge in [-0.25, -0.2) is 14.3 Å². The molecule has 33 heavy (non-hydrogen) atoms. The van der Waals surface area contributed by atoms with Crippen molar-refractivity contribution in [1.29, 1.82) is 0 Å². The van der Waals surface area contributed by atoms with Crippen LogP contribution in [0.3, 0.4) is 0 Å². The van der Waals surface area contributed by atoms with Crippen LogP contribution in [0.25, 0.3) is 27.8 Å². The third kappa shape index (κ3) is 2.23. The number of Topliss-reactive ketones (excluding diaryl/α,β-unsaturated/α-hetero) is 1. The van der Waals surface area contributed by atoms with Crippen LogP contribution in [0.2, 0.25) is 0 Å². The summed E-state index contributed by atoms with van der Waals surface area (Å²) in [6, 6.07) is 6.43. The van der Waals surface area contributed by atoms with E-state index in [1.54, 1.807) is 18.2 Å². The number of phenols is 1. The molecule has 0 bridgehead atoms. The number of aliphatic hydroxyl groups is 2. The van der Waals surface area contributed by atoms with Crippen molar-refractivity contribution in [2.24, 2.45) is 0 Å². The second-order valence-corrected chi connectivity index (χ2v) is 8.28. The first-order chi connectivity index (χ1) is 15.8.